The maximum atomic E-state index is 13.8. The van der Waals surface area contributed by atoms with Crippen LogP contribution in [0.25, 0.3) is 5.57 Å². The van der Waals surface area contributed by atoms with Crippen molar-refractivity contribution in [3.8, 4) is 5.75 Å². The molecule has 3 aromatic rings. The lowest BCUT2D eigenvalue weighted by Crippen LogP contribution is -2.50. The van der Waals surface area contributed by atoms with Crippen molar-refractivity contribution in [3.05, 3.63) is 108 Å². The van der Waals surface area contributed by atoms with E-state index in [0.717, 1.165) is 42.4 Å². The van der Waals surface area contributed by atoms with Crippen LogP contribution in [0.4, 0.5) is 0 Å². The van der Waals surface area contributed by atoms with Crippen LogP contribution in [0.15, 0.2) is 91.0 Å². The standard InChI is InChI=1S/C33H34O4/c1-2-29(25-15-12-20-28(21-25)36-23-24-13-6-3-7-14-24)31-30(34)22-33(37-32(31)35,26-16-8-4-9-17-26)27-18-10-5-11-19-27/h2-4,6-9,12-17,20-21,27,31H,5,10-11,18-19,22-23H2,1H3. The normalized spacial score (nSPS) is 22.9. The number of esters is 1. The van der Waals surface area contributed by atoms with Gasteiger partial charge in [0.15, 0.2) is 5.78 Å². The molecule has 1 aliphatic carbocycles. The maximum Gasteiger partial charge on any atom is 0.321 e. The van der Waals surface area contributed by atoms with Gasteiger partial charge >= 0.3 is 5.97 Å². The largest absolute Gasteiger partial charge is 0.489 e. The van der Waals surface area contributed by atoms with Gasteiger partial charge in [-0.25, -0.2) is 0 Å². The van der Waals surface area contributed by atoms with Crippen molar-refractivity contribution in [1.82, 2.24) is 0 Å². The van der Waals surface area contributed by atoms with Crippen LogP contribution in [-0.4, -0.2) is 11.8 Å². The first-order chi connectivity index (χ1) is 18.1. The highest BCUT2D eigenvalue weighted by Crippen LogP contribution is 2.49. The average molecular weight is 495 g/mol. The van der Waals surface area contributed by atoms with Gasteiger partial charge in [-0.3, -0.25) is 9.59 Å². The lowest BCUT2D eigenvalue weighted by molar-refractivity contribution is -0.186. The number of cyclic esters (lactones) is 1. The van der Waals surface area contributed by atoms with E-state index in [1.807, 2.05) is 97.9 Å². The van der Waals surface area contributed by atoms with Crippen LogP contribution in [-0.2, 0) is 26.5 Å². The van der Waals surface area contributed by atoms with Gasteiger partial charge in [0.25, 0.3) is 0 Å². The Balaban J connectivity index is 1.40. The van der Waals surface area contributed by atoms with Gasteiger partial charge in [0.1, 0.15) is 23.9 Å². The smallest absolute Gasteiger partial charge is 0.321 e. The summed E-state index contributed by atoms with van der Waals surface area (Å²) in [6.07, 6.45) is 7.40. The monoisotopic (exact) mass is 494 g/mol. The topological polar surface area (TPSA) is 52.6 Å². The molecule has 0 spiro atoms. The summed E-state index contributed by atoms with van der Waals surface area (Å²) in [6.45, 7) is 2.31. The number of benzene rings is 3. The third-order valence-corrected chi connectivity index (χ3v) is 7.84. The Morgan fingerprint density at radius 1 is 0.919 bits per heavy atom. The van der Waals surface area contributed by atoms with E-state index in [0.29, 0.717) is 17.9 Å². The molecule has 0 aromatic heterocycles. The zero-order valence-electron chi connectivity index (χ0n) is 21.4. The molecule has 0 N–H and O–H groups in total. The SMILES string of the molecule is CC=C(c1cccc(OCc2ccccc2)c1)C1C(=O)CC(c2ccccc2)(C2CCCCC2)OC1=O. The van der Waals surface area contributed by atoms with Crippen molar-refractivity contribution in [2.45, 2.75) is 57.7 Å². The molecule has 0 radical (unpaired) electrons. The Morgan fingerprint density at radius 2 is 1.62 bits per heavy atom. The van der Waals surface area contributed by atoms with Crippen LogP contribution in [0.3, 0.4) is 0 Å². The number of Topliss-reactive ketones (excluding diaryl/α,β-unsaturated/α-hetero) is 1. The number of allylic oxidation sites excluding steroid dienone is 1. The predicted octanol–water partition coefficient (Wildman–Crippen LogP) is 7.28. The summed E-state index contributed by atoms with van der Waals surface area (Å²) in [5.74, 6) is -0.613. The van der Waals surface area contributed by atoms with E-state index in [1.165, 1.54) is 6.42 Å². The molecule has 3 aromatic carbocycles. The fourth-order valence-electron chi connectivity index (χ4n) is 5.99. The molecule has 1 saturated heterocycles. The van der Waals surface area contributed by atoms with Crippen LogP contribution in [0, 0.1) is 11.8 Å². The number of rotatable bonds is 7. The van der Waals surface area contributed by atoms with Crippen LogP contribution in [0.5, 0.6) is 5.75 Å². The molecule has 1 heterocycles. The number of hydrogen-bond acceptors (Lipinski definition) is 4. The van der Waals surface area contributed by atoms with Crippen LogP contribution >= 0.6 is 0 Å². The predicted molar refractivity (Wildman–Crippen MR) is 145 cm³/mol. The van der Waals surface area contributed by atoms with Gasteiger partial charge in [-0.2, -0.15) is 0 Å². The first-order valence-electron chi connectivity index (χ1n) is 13.3. The van der Waals surface area contributed by atoms with Gasteiger partial charge in [-0.1, -0.05) is 98.1 Å². The number of ketones is 1. The highest BCUT2D eigenvalue weighted by atomic mass is 16.6. The van der Waals surface area contributed by atoms with Gasteiger partial charge < -0.3 is 9.47 Å². The van der Waals surface area contributed by atoms with E-state index in [4.69, 9.17) is 9.47 Å². The van der Waals surface area contributed by atoms with Gasteiger partial charge in [-0.05, 0) is 54.2 Å². The van der Waals surface area contributed by atoms with Crippen molar-refractivity contribution in [1.29, 1.82) is 0 Å². The maximum absolute atomic E-state index is 13.8. The molecule has 37 heavy (non-hydrogen) atoms. The number of carbonyl (C=O) groups is 2. The molecule has 4 nitrogen and oxygen atoms in total. The summed E-state index contributed by atoms with van der Waals surface area (Å²) < 4.78 is 12.4. The van der Waals surface area contributed by atoms with E-state index in [-0.39, 0.29) is 18.1 Å². The zero-order valence-corrected chi connectivity index (χ0v) is 21.4. The molecule has 0 bridgehead atoms. The van der Waals surface area contributed by atoms with E-state index in [9.17, 15) is 9.59 Å². The zero-order chi connectivity index (χ0) is 25.7. The number of ether oxygens (including phenoxy) is 2. The van der Waals surface area contributed by atoms with E-state index in [2.05, 4.69) is 0 Å². The summed E-state index contributed by atoms with van der Waals surface area (Å²) in [6, 6.07) is 27.5. The molecule has 5 rings (SSSR count). The average Bonchev–Trinajstić information content (AvgIpc) is 2.95. The molecule has 4 heteroatoms. The third-order valence-electron chi connectivity index (χ3n) is 7.84. The minimum Gasteiger partial charge on any atom is -0.489 e. The minimum atomic E-state index is -0.935. The van der Waals surface area contributed by atoms with Crippen LogP contribution in [0.1, 0.15) is 62.1 Å². The molecule has 2 aliphatic rings. The van der Waals surface area contributed by atoms with E-state index in [1.54, 1.807) is 0 Å². The summed E-state index contributed by atoms with van der Waals surface area (Å²) >= 11 is 0. The first kappa shape index (κ1) is 25.0. The second kappa shape index (κ2) is 11.2. The summed E-state index contributed by atoms with van der Waals surface area (Å²) in [5.41, 5.74) is 2.59. The molecule has 190 valence electrons. The second-order valence-corrected chi connectivity index (χ2v) is 10.1. The molecule has 1 saturated carbocycles. The summed E-state index contributed by atoms with van der Waals surface area (Å²) in [4.78, 5) is 27.5. The molecule has 1 aliphatic heterocycles. The minimum absolute atomic E-state index is 0.0746. The lowest BCUT2D eigenvalue weighted by atomic mass is 9.68. The third kappa shape index (κ3) is 5.24. The Hall–Kier alpha value is -3.66. The quantitative estimate of drug-likeness (QED) is 0.256. The van der Waals surface area contributed by atoms with Crippen molar-refractivity contribution in [3.63, 3.8) is 0 Å². The van der Waals surface area contributed by atoms with Crippen molar-refractivity contribution < 1.29 is 19.1 Å². The molecule has 0 amide bonds. The number of carbonyl (C=O) groups excluding carboxylic acids is 2. The molecule has 2 atom stereocenters. The van der Waals surface area contributed by atoms with E-state index >= 15 is 0 Å². The van der Waals surface area contributed by atoms with Gasteiger partial charge in [0.05, 0.1) is 6.42 Å². The fraction of sp³-hybridized carbons (Fsp3) is 0.333. The lowest BCUT2D eigenvalue weighted by Gasteiger charge is -2.46. The number of hydrogen-bond donors (Lipinski definition) is 0. The van der Waals surface area contributed by atoms with Crippen molar-refractivity contribution in [2.75, 3.05) is 0 Å². The van der Waals surface area contributed by atoms with E-state index < -0.39 is 17.5 Å². The van der Waals surface area contributed by atoms with Gasteiger partial charge in [0.2, 0.25) is 0 Å². The first-order valence-corrected chi connectivity index (χ1v) is 13.3. The summed E-state index contributed by atoms with van der Waals surface area (Å²) in [7, 11) is 0. The fourth-order valence-corrected chi connectivity index (χ4v) is 5.99. The highest BCUT2D eigenvalue weighted by Gasteiger charge is 2.53. The molecule has 2 fully saturated rings. The van der Waals surface area contributed by atoms with Crippen LogP contribution < -0.4 is 4.74 Å². The molecular formula is C33H34O4. The van der Waals surface area contributed by atoms with Crippen molar-refractivity contribution >= 4 is 17.3 Å². The van der Waals surface area contributed by atoms with Crippen molar-refractivity contribution in [2.24, 2.45) is 11.8 Å². The molecular weight excluding hydrogens is 460 g/mol. The Labute approximate surface area is 219 Å². The highest BCUT2D eigenvalue weighted by molar-refractivity contribution is 6.11. The second-order valence-electron chi connectivity index (χ2n) is 10.1. The van der Waals surface area contributed by atoms with Gasteiger partial charge in [-0.15, -0.1) is 0 Å². The molecule has 2 unspecified atom stereocenters. The Bertz CT molecular complexity index is 1240. The Kier molecular flexibility index (Phi) is 7.55. The summed E-state index contributed by atoms with van der Waals surface area (Å²) in [5, 5.41) is 0. The Morgan fingerprint density at radius 3 is 2.30 bits per heavy atom. The van der Waals surface area contributed by atoms with Crippen LogP contribution in [0.2, 0.25) is 0 Å². The van der Waals surface area contributed by atoms with Gasteiger partial charge in [0, 0.05) is 5.92 Å².